The van der Waals surface area contributed by atoms with Crippen LogP contribution in [0.3, 0.4) is 0 Å². The van der Waals surface area contributed by atoms with Crippen molar-refractivity contribution in [1.29, 1.82) is 0 Å². The van der Waals surface area contributed by atoms with Crippen LogP contribution in [-0.2, 0) is 0 Å². The molecule has 120 valence electrons. The molecule has 0 bridgehead atoms. The Morgan fingerprint density at radius 2 is 1.43 bits per heavy atom. The van der Waals surface area contributed by atoms with Gasteiger partial charge in [0.15, 0.2) is 0 Å². The van der Waals surface area contributed by atoms with Gasteiger partial charge in [0.2, 0.25) is 0 Å². The van der Waals surface area contributed by atoms with Crippen LogP contribution in [0.2, 0.25) is 0 Å². The minimum Gasteiger partial charge on any atom is -0.265 e. The maximum atomic E-state index is 6.54. The predicted molar refractivity (Wildman–Crippen MR) is 94.1 cm³/mol. The number of rotatable bonds is 12. The lowest BCUT2D eigenvalue weighted by Crippen LogP contribution is -2.09. The van der Waals surface area contributed by atoms with E-state index in [0.717, 1.165) is 6.42 Å². The summed E-state index contributed by atoms with van der Waals surface area (Å²) in [5.41, 5.74) is 1.31. The van der Waals surface area contributed by atoms with Gasteiger partial charge in [0.25, 0.3) is 0 Å². The molecule has 2 atom stereocenters. The Bertz CT molecular complexity index is 339. The normalized spacial score (nSPS) is 14.0. The van der Waals surface area contributed by atoms with Crippen LogP contribution in [-0.4, -0.2) is 10.4 Å². The van der Waals surface area contributed by atoms with Gasteiger partial charge < -0.3 is 0 Å². The Hall–Kier alpha value is -0.560. The largest absolute Gasteiger partial charge is 0.265 e. The standard InChI is InChI=1S/C19H32ClN/c1-3-4-5-6-7-8-9-10-11-12-19(20)17(2)18-13-15-21-16-14-18/h13-17,19H,3-12H2,1-2H3. The molecule has 0 aromatic carbocycles. The summed E-state index contributed by atoms with van der Waals surface area (Å²) in [6.45, 7) is 4.50. The van der Waals surface area contributed by atoms with E-state index in [1.165, 1.54) is 63.4 Å². The lowest BCUT2D eigenvalue weighted by molar-refractivity contribution is 0.538. The van der Waals surface area contributed by atoms with Crippen molar-refractivity contribution in [1.82, 2.24) is 4.98 Å². The quantitative estimate of drug-likeness (QED) is 0.309. The Balaban J connectivity index is 2.02. The topological polar surface area (TPSA) is 12.9 Å². The summed E-state index contributed by atoms with van der Waals surface area (Å²) in [6.07, 6.45) is 17.2. The molecule has 21 heavy (non-hydrogen) atoms. The van der Waals surface area contributed by atoms with Crippen LogP contribution in [0, 0.1) is 0 Å². The molecule has 0 saturated carbocycles. The van der Waals surface area contributed by atoms with Gasteiger partial charge in [0, 0.05) is 17.8 Å². The van der Waals surface area contributed by atoms with Crippen molar-refractivity contribution in [3.8, 4) is 0 Å². The van der Waals surface area contributed by atoms with Crippen LogP contribution in [0.1, 0.15) is 89.5 Å². The molecule has 0 aliphatic heterocycles. The van der Waals surface area contributed by atoms with Gasteiger partial charge in [-0.05, 0) is 30.0 Å². The van der Waals surface area contributed by atoms with Crippen molar-refractivity contribution in [3.63, 3.8) is 0 Å². The number of aromatic nitrogens is 1. The van der Waals surface area contributed by atoms with E-state index in [4.69, 9.17) is 11.6 Å². The molecule has 0 spiro atoms. The van der Waals surface area contributed by atoms with Crippen molar-refractivity contribution in [3.05, 3.63) is 30.1 Å². The summed E-state index contributed by atoms with van der Waals surface area (Å²) in [5.74, 6) is 0.420. The number of hydrogen-bond donors (Lipinski definition) is 0. The number of pyridine rings is 1. The second-order valence-electron chi connectivity index (χ2n) is 6.20. The molecule has 2 unspecified atom stereocenters. The van der Waals surface area contributed by atoms with E-state index in [-0.39, 0.29) is 5.38 Å². The Morgan fingerprint density at radius 1 is 0.905 bits per heavy atom. The number of halogens is 1. The SMILES string of the molecule is CCCCCCCCCCCC(Cl)C(C)c1ccncc1. The average Bonchev–Trinajstić information content (AvgIpc) is 2.53. The highest BCUT2D eigenvalue weighted by Crippen LogP contribution is 2.26. The zero-order valence-electron chi connectivity index (χ0n) is 13.9. The van der Waals surface area contributed by atoms with E-state index in [2.05, 4.69) is 31.0 Å². The zero-order valence-corrected chi connectivity index (χ0v) is 14.6. The summed E-state index contributed by atoms with van der Waals surface area (Å²) in [6, 6.07) is 4.16. The van der Waals surface area contributed by atoms with Crippen molar-refractivity contribution >= 4 is 11.6 Å². The van der Waals surface area contributed by atoms with E-state index < -0.39 is 0 Å². The molecule has 1 aromatic rings. The summed E-state index contributed by atoms with van der Waals surface area (Å²) in [7, 11) is 0. The summed E-state index contributed by atoms with van der Waals surface area (Å²) in [4.78, 5) is 4.07. The molecule has 1 aromatic heterocycles. The molecule has 0 radical (unpaired) electrons. The van der Waals surface area contributed by atoms with E-state index in [0.29, 0.717) is 5.92 Å². The van der Waals surface area contributed by atoms with Gasteiger partial charge in [-0.2, -0.15) is 0 Å². The summed E-state index contributed by atoms with van der Waals surface area (Å²) in [5, 5.41) is 0.247. The predicted octanol–water partition coefficient (Wildman–Crippen LogP) is 6.71. The number of nitrogens with zero attached hydrogens (tertiary/aromatic N) is 1. The van der Waals surface area contributed by atoms with Crippen molar-refractivity contribution in [2.45, 2.75) is 89.4 Å². The minimum atomic E-state index is 0.247. The smallest absolute Gasteiger partial charge is 0.0402 e. The fourth-order valence-electron chi connectivity index (χ4n) is 2.78. The molecule has 0 aliphatic rings. The highest BCUT2D eigenvalue weighted by atomic mass is 35.5. The van der Waals surface area contributed by atoms with Gasteiger partial charge in [-0.3, -0.25) is 4.98 Å². The molecular weight excluding hydrogens is 278 g/mol. The Morgan fingerprint density at radius 3 is 2.00 bits per heavy atom. The van der Waals surface area contributed by atoms with E-state index in [1.54, 1.807) is 0 Å². The molecule has 0 aliphatic carbocycles. The number of hydrogen-bond acceptors (Lipinski definition) is 1. The molecule has 0 N–H and O–H groups in total. The molecule has 0 fully saturated rings. The fraction of sp³-hybridized carbons (Fsp3) is 0.737. The average molecular weight is 310 g/mol. The molecule has 0 saturated heterocycles. The first-order valence-electron chi connectivity index (χ1n) is 8.79. The van der Waals surface area contributed by atoms with Gasteiger partial charge in [-0.15, -0.1) is 11.6 Å². The van der Waals surface area contributed by atoms with Gasteiger partial charge in [-0.1, -0.05) is 71.6 Å². The van der Waals surface area contributed by atoms with Crippen LogP contribution in [0.15, 0.2) is 24.5 Å². The molecule has 1 nitrogen and oxygen atoms in total. The molecule has 1 rings (SSSR count). The first-order chi connectivity index (χ1) is 10.3. The van der Waals surface area contributed by atoms with Crippen molar-refractivity contribution < 1.29 is 0 Å². The van der Waals surface area contributed by atoms with Crippen LogP contribution >= 0.6 is 11.6 Å². The summed E-state index contributed by atoms with van der Waals surface area (Å²) >= 11 is 6.54. The minimum absolute atomic E-state index is 0.247. The highest BCUT2D eigenvalue weighted by Gasteiger charge is 2.15. The third-order valence-electron chi connectivity index (χ3n) is 4.36. The second kappa shape index (κ2) is 12.0. The lowest BCUT2D eigenvalue weighted by atomic mass is 9.95. The van der Waals surface area contributed by atoms with Crippen molar-refractivity contribution in [2.24, 2.45) is 0 Å². The molecule has 0 amide bonds. The maximum absolute atomic E-state index is 6.54. The lowest BCUT2D eigenvalue weighted by Gasteiger charge is -2.18. The van der Waals surface area contributed by atoms with Gasteiger partial charge in [0.1, 0.15) is 0 Å². The molecular formula is C19H32ClN. The van der Waals surface area contributed by atoms with Gasteiger partial charge in [-0.25, -0.2) is 0 Å². The second-order valence-corrected chi connectivity index (χ2v) is 6.76. The van der Waals surface area contributed by atoms with Gasteiger partial charge >= 0.3 is 0 Å². The zero-order chi connectivity index (χ0) is 15.3. The van der Waals surface area contributed by atoms with Crippen LogP contribution in [0.5, 0.6) is 0 Å². The first kappa shape index (κ1) is 18.5. The first-order valence-corrected chi connectivity index (χ1v) is 9.23. The van der Waals surface area contributed by atoms with E-state index in [9.17, 15) is 0 Å². The third-order valence-corrected chi connectivity index (χ3v) is 4.95. The summed E-state index contributed by atoms with van der Waals surface area (Å²) < 4.78 is 0. The Labute approximate surface area is 136 Å². The third kappa shape index (κ3) is 8.46. The van der Waals surface area contributed by atoms with E-state index in [1.807, 2.05) is 12.4 Å². The van der Waals surface area contributed by atoms with Crippen molar-refractivity contribution in [2.75, 3.05) is 0 Å². The van der Waals surface area contributed by atoms with E-state index >= 15 is 0 Å². The highest BCUT2D eigenvalue weighted by molar-refractivity contribution is 6.21. The van der Waals surface area contributed by atoms with Crippen LogP contribution in [0.25, 0.3) is 0 Å². The molecule has 1 heterocycles. The monoisotopic (exact) mass is 309 g/mol. The Kier molecular flexibility index (Phi) is 10.6. The van der Waals surface area contributed by atoms with Gasteiger partial charge in [0.05, 0.1) is 0 Å². The van der Waals surface area contributed by atoms with Crippen LogP contribution in [0.4, 0.5) is 0 Å². The maximum Gasteiger partial charge on any atom is 0.0402 e. The molecule has 2 heteroatoms. The fourth-order valence-corrected chi connectivity index (χ4v) is 3.08. The number of alkyl halides is 1. The van der Waals surface area contributed by atoms with Crippen LogP contribution < -0.4 is 0 Å². The number of unbranched alkanes of at least 4 members (excludes halogenated alkanes) is 8.